The van der Waals surface area contributed by atoms with Crippen molar-refractivity contribution in [1.82, 2.24) is 4.98 Å². The number of furan rings is 1. The van der Waals surface area contributed by atoms with Gasteiger partial charge < -0.3 is 4.42 Å². The zero-order chi connectivity index (χ0) is 12.6. The van der Waals surface area contributed by atoms with Crippen LogP contribution in [0.15, 0.2) is 27.6 Å². The van der Waals surface area contributed by atoms with E-state index in [-0.39, 0.29) is 15.1 Å². The SMILES string of the molecule is O=C(c1cnc(C(F)(F)F)s1)c1ccoc1Br. The van der Waals surface area contributed by atoms with Crippen molar-refractivity contribution in [3.63, 3.8) is 0 Å². The van der Waals surface area contributed by atoms with E-state index in [4.69, 9.17) is 4.42 Å². The molecule has 0 spiro atoms. The summed E-state index contributed by atoms with van der Waals surface area (Å²) in [5.74, 6) is -0.557. The monoisotopic (exact) mass is 325 g/mol. The number of thiazole rings is 1. The molecule has 0 radical (unpaired) electrons. The minimum atomic E-state index is -4.53. The molecule has 17 heavy (non-hydrogen) atoms. The van der Waals surface area contributed by atoms with E-state index in [1.165, 1.54) is 12.3 Å². The smallest absolute Gasteiger partial charge is 0.443 e. The van der Waals surface area contributed by atoms with E-state index in [1.54, 1.807) is 0 Å². The highest BCUT2D eigenvalue weighted by Gasteiger charge is 2.35. The predicted octanol–water partition coefficient (Wildman–Crippen LogP) is 3.75. The van der Waals surface area contributed by atoms with Gasteiger partial charge in [0.1, 0.15) is 0 Å². The van der Waals surface area contributed by atoms with Crippen molar-refractivity contribution in [2.75, 3.05) is 0 Å². The zero-order valence-electron chi connectivity index (χ0n) is 7.92. The van der Waals surface area contributed by atoms with Crippen LogP contribution in [0.3, 0.4) is 0 Å². The predicted molar refractivity (Wildman–Crippen MR) is 57.0 cm³/mol. The molecule has 8 heteroatoms. The molecule has 2 rings (SSSR count). The van der Waals surface area contributed by atoms with Gasteiger partial charge in [0, 0.05) is 6.20 Å². The van der Waals surface area contributed by atoms with E-state index in [1.807, 2.05) is 0 Å². The van der Waals surface area contributed by atoms with Crippen molar-refractivity contribution < 1.29 is 22.4 Å². The second-order valence-corrected chi connectivity index (χ2v) is 4.72. The molecule has 2 heterocycles. The lowest BCUT2D eigenvalue weighted by atomic mass is 10.2. The summed E-state index contributed by atoms with van der Waals surface area (Å²) in [6.45, 7) is 0. The van der Waals surface area contributed by atoms with Gasteiger partial charge in [-0.15, -0.1) is 11.3 Å². The van der Waals surface area contributed by atoms with Crippen LogP contribution in [0, 0.1) is 0 Å². The molecule has 0 aliphatic heterocycles. The Morgan fingerprint density at radius 3 is 2.65 bits per heavy atom. The minimum absolute atomic E-state index is 0.0839. The van der Waals surface area contributed by atoms with Gasteiger partial charge in [0.05, 0.1) is 16.7 Å². The van der Waals surface area contributed by atoms with Gasteiger partial charge in [-0.3, -0.25) is 4.79 Å². The lowest BCUT2D eigenvalue weighted by Gasteiger charge is -1.98. The summed E-state index contributed by atoms with van der Waals surface area (Å²) in [4.78, 5) is 14.9. The van der Waals surface area contributed by atoms with Crippen molar-refractivity contribution in [1.29, 1.82) is 0 Å². The number of carbonyl (C=O) groups excluding carboxylic acids is 1. The third kappa shape index (κ3) is 2.42. The summed E-state index contributed by atoms with van der Waals surface area (Å²) < 4.78 is 41.9. The summed E-state index contributed by atoms with van der Waals surface area (Å²) in [6.07, 6.45) is -2.35. The topological polar surface area (TPSA) is 43.1 Å². The molecule has 0 aliphatic carbocycles. The second-order valence-electron chi connectivity index (χ2n) is 2.96. The highest BCUT2D eigenvalue weighted by Crippen LogP contribution is 2.33. The van der Waals surface area contributed by atoms with Gasteiger partial charge in [0.25, 0.3) is 0 Å². The summed E-state index contributed by atoms with van der Waals surface area (Å²) >= 11 is 3.29. The third-order valence-corrected chi connectivity index (χ3v) is 3.49. The maximum Gasteiger partial charge on any atom is 0.443 e. The van der Waals surface area contributed by atoms with Gasteiger partial charge in [-0.2, -0.15) is 13.2 Å². The number of hydrogen-bond acceptors (Lipinski definition) is 4. The molecule has 90 valence electrons. The average Bonchev–Trinajstić information content (AvgIpc) is 2.83. The van der Waals surface area contributed by atoms with E-state index in [9.17, 15) is 18.0 Å². The summed E-state index contributed by atoms with van der Waals surface area (Å²) in [6, 6.07) is 1.37. The van der Waals surface area contributed by atoms with Crippen molar-refractivity contribution in [3.8, 4) is 0 Å². The van der Waals surface area contributed by atoms with Crippen LogP contribution in [0.4, 0.5) is 13.2 Å². The van der Waals surface area contributed by atoms with Gasteiger partial charge in [-0.1, -0.05) is 0 Å². The molecule has 0 amide bonds. The highest BCUT2D eigenvalue weighted by molar-refractivity contribution is 9.10. The molecular weight excluding hydrogens is 323 g/mol. The number of halogens is 4. The average molecular weight is 326 g/mol. The molecule has 3 nitrogen and oxygen atoms in total. The lowest BCUT2D eigenvalue weighted by Crippen LogP contribution is -2.03. The Bertz CT molecular complexity index is 561. The number of carbonyl (C=O) groups is 1. The van der Waals surface area contributed by atoms with Crippen molar-refractivity contribution in [3.05, 3.63) is 38.6 Å². The number of aromatic nitrogens is 1. The molecule has 2 aromatic heterocycles. The zero-order valence-corrected chi connectivity index (χ0v) is 10.3. The molecular formula is C9H3BrF3NO2S. The molecule has 2 aromatic rings. The van der Waals surface area contributed by atoms with Crippen molar-refractivity contribution in [2.45, 2.75) is 6.18 Å². The number of ketones is 1. The van der Waals surface area contributed by atoms with Gasteiger partial charge in [-0.25, -0.2) is 4.98 Å². The fourth-order valence-electron chi connectivity index (χ4n) is 1.10. The molecule has 0 N–H and O–H groups in total. The van der Waals surface area contributed by atoms with Crippen LogP contribution in [0.5, 0.6) is 0 Å². The van der Waals surface area contributed by atoms with Gasteiger partial charge in [0.2, 0.25) is 5.78 Å². The Morgan fingerprint density at radius 2 is 2.18 bits per heavy atom. The van der Waals surface area contributed by atoms with Crippen LogP contribution in [0.2, 0.25) is 0 Å². The summed E-state index contributed by atoms with van der Waals surface area (Å²) in [7, 11) is 0. The van der Waals surface area contributed by atoms with E-state index in [0.29, 0.717) is 11.3 Å². The number of nitrogens with zero attached hydrogens (tertiary/aromatic N) is 1. The van der Waals surface area contributed by atoms with Crippen LogP contribution in [0.1, 0.15) is 20.2 Å². The molecule has 0 saturated carbocycles. The molecule has 0 unspecified atom stereocenters. The maximum atomic E-state index is 12.3. The molecule has 0 aromatic carbocycles. The van der Waals surface area contributed by atoms with E-state index >= 15 is 0 Å². The Labute approximate surface area is 105 Å². The first-order chi connectivity index (χ1) is 7.89. The van der Waals surface area contributed by atoms with Gasteiger partial charge in [-0.05, 0) is 22.0 Å². The van der Waals surface area contributed by atoms with Crippen LogP contribution >= 0.6 is 27.3 Å². The van der Waals surface area contributed by atoms with E-state index < -0.39 is 17.0 Å². The van der Waals surface area contributed by atoms with Crippen LogP contribution < -0.4 is 0 Å². The maximum absolute atomic E-state index is 12.3. The quantitative estimate of drug-likeness (QED) is 0.790. The summed E-state index contributed by atoms with van der Waals surface area (Å²) in [5, 5.41) is -1.04. The van der Waals surface area contributed by atoms with Crippen molar-refractivity contribution in [2.24, 2.45) is 0 Å². The first kappa shape index (κ1) is 12.3. The Kier molecular flexibility index (Phi) is 3.09. The Hall–Kier alpha value is -1.15. The number of alkyl halides is 3. The first-order valence-electron chi connectivity index (χ1n) is 4.20. The molecule has 0 atom stereocenters. The molecule has 0 saturated heterocycles. The fourth-order valence-corrected chi connectivity index (χ4v) is 2.26. The summed E-state index contributed by atoms with van der Waals surface area (Å²) in [5.41, 5.74) is 0.169. The van der Waals surface area contributed by atoms with Gasteiger partial charge >= 0.3 is 6.18 Å². The van der Waals surface area contributed by atoms with Gasteiger partial charge in [0.15, 0.2) is 9.68 Å². The largest absolute Gasteiger partial charge is 0.457 e. The van der Waals surface area contributed by atoms with E-state index in [0.717, 1.165) is 6.20 Å². The third-order valence-electron chi connectivity index (χ3n) is 1.83. The Morgan fingerprint density at radius 1 is 1.47 bits per heavy atom. The second kappa shape index (κ2) is 4.26. The van der Waals surface area contributed by atoms with Crippen molar-refractivity contribution >= 4 is 33.0 Å². The molecule has 0 aliphatic rings. The van der Waals surface area contributed by atoms with E-state index in [2.05, 4.69) is 20.9 Å². The lowest BCUT2D eigenvalue weighted by molar-refractivity contribution is -0.137. The fraction of sp³-hybridized carbons (Fsp3) is 0.111. The standard InChI is InChI=1S/C9H3BrF3NO2S/c10-7-4(1-2-16-7)6(15)5-3-14-8(17-5)9(11,12)13/h1-3H. The normalized spacial score (nSPS) is 11.8. The number of hydrogen-bond donors (Lipinski definition) is 0. The number of rotatable bonds is 2. The highest BCUT2D eigenvalue weighted by atomic mass is 79.9. The van der Waals surface area contributed by atoms with Crippen LogP contribution in [-0.2, 0) is 6.18 Å². The molecule has 0 fully saturated rings. The van der Waals surface area contributed by atoms with Crippen LogP contribution in [0.25, 0.3) is 0 Å². The molecule has 0 bridgehead atoms. The minimum Gasteiger partial charge on any atom is -0.457 e. The Balaban J connectivity index is 2.33. The first-order valence-corrected chi connectivity index (χ1v) is 5.81. The van der Waals surface area contributed by atoms with Crippen LogP contribution in [-0.4, -0.2) is 10.8 Å².